The van der Waals surface area contributed by atoms with Crippen molar-refractivity contribution in [3.8, 4) is 17.2 Å². The molecule has 0 unspecified atom stereocenters. The number of aromatic nitrogens is 5. The number of benzene rings is 1. The summed E-state index contributed by atoms with van der Waals surface area (Å²) in [6, 6.07) is 5.08. The molecule has 0 saturated heterocycles. The number of halogens is 1. The lowest BCUT2D eigenvalue weighted by Crippen LogP contribution is -2.30. The summed E-state index contributed by atoms with van der Waals surface area (Å²) in [5, 5.41) is 17.1. The number of aliphatic hydroxyl groups is 1. The van der Waals surface area contributed by atoms with Crippen molar-refractivity contribution in [2.24, 2.45) is 0 Å². The minimum atomic E-state index is -3.87. The molecular weight excluding hydrogens is 474 g/mol. The molecule has 13 heteroatoms. The zero-order valence-corrected chi connectivity index (χ0v) is 20.0. The molecule has 11 nitrogen and oxygen atoms in total. The SMILES string of the molecule is COc1cccc(OC)c1-n1c(CO)nnc1CS(=O)(=O)[C@@H](C)[C@H](OC)c1ncc(Cl)cn1. The van der Waals surface area contributed by atoms with E-state index in [9.17, 15) is 13.5 Å². The van der Waals surface area contributed by atoms with Crippen molar-refractivity contribution in [2.45, 2.75) is 30.6 Å². The topological polar surface area (TPSA) is 139 Å². The molecule has 1 aromatic carbocycles. The highest BCUT2D eigenvalue weighted by Gasteiger charge is 2.35. The first-order chi connectivity index (χ1) is 15.8. The maximum atomic E-state index is 13.4. The molecule has 1 N–H and O–H groups in total. The molecule has 0 amide bonds. The molecule has 0 bridgehead atoms. The van der Waals surface area contributed by atoms with Crippen LogP contribution in [0.25, 0.3) is 5.69 Å². The fraction of sp³-hybridized carbons (Fsp3) is 0.400. The first-order valence-electron chi connectivity index (χ1n) is 9.74. The Morgan fingerprint density at radius 2 is 1.64 bits per heavy atom. The summed E-state index contributed by atoms with van der Waals surface area (Å²) in [5.41, 5.74) is 0.374. The van der Waals surface area contributed by atoms with E-state index in [4.69, 9.17) is 25.8 Å². The first-order valence-corrected chi connectivity index (χ1v) is 11.8. The van der Waals surface area contributed by atoms with Crippen LogP contribution in [0.4, 0.5) is 0 Å². The van der Waals surface area contributed by atoms with Gasteiger partial charge in [0.25, 0.3) is 0 Å². The summed E-state index contributed by atoms with van der Waals surface area (Å²) in [6.45, 7) is 1.02. The Balaban J connectivity index is 2.04. The van der Waals surface area contributed by atoms with Crippen LogP contribution in [0, 0.1) is 0 Å². The lowest BCUT2D eigenvalue weighted by atomic mass is 10.2. The third kappa shape index (κ3) is 5.08. The Labute approximate surface area is 196 Å². The van der Waals surface area contributed by atoms with Gasteiger partial charge in [0, 0.05) is 19.5 Å². The van der Waals surface area contributed by atoms with E-state index in [1.54, 1.807) is 18.2 Å². The van der Waals surface area contributed by atoms with Crippen LogP contribution in [-0.2, 0) is 26.9 Å². The predicted molar refractivity (Wildman–Crippen MR) is 119 cm³/mol. The summed E-state index contributed by atoms with van der Waals surface area (Å²) in [6.07, 6.45) is 1.79. The van der Waals surface area contributed by atoms with Crippen LogP contribution >= 0.6 is 11.6 Å². The number of aliphatic hydroxyl groups excluding tert-OH is 1. The number of ether oxygens (including phenoxy) is 3. The quantitative estimate of drug-likeness (QED) is 0.441. The number of hydrogen-bond acceptors (Lipinski definition) is 10. The summed E-state index contributed by atoms with van der Waals surface area (Å²) in [7, 11) is 0.438. The van der Waals surface area contributed by atoms with Crippen molar-refractivity contribution in [1.29, 1.82) is 0 Å². The zero-order valence-electron chi connectivity index (χ0n) is 18.5. The lowest BCUT2D eigenvalue weighted by Gasteiger charge is -2.22. The van der Waals surface area contributed by atoms with Crippen molar-refractivity contribution in [3.63, 3.8) is 0 Å². The number of para-hydroxylation sites is 1. The van der Waals surface area contributed by atoms with Gasteiger partial charge in [-0.05, 0) is 19.1 Å². The Hall–Kier alpha value is -2.80. The van der Waals surface area contributed by atoms with Crippen LogP contribution < -0.4 is 9.47 Å². The Bertz CT molecular complexity index is 1180. The number of rotatable bonds is 10. The van der Waals surface area contributed by atoms with E-state index in [1.807, 2.05) is 0 Å². The molecule has 33 heavy (non-hydrogen) atoms. The van der Waals surface area contributed by atoms with Gasteiger partial charge in [-0.1, -0.05) is 17.7 Å². The lowest BCUT2D eigenvalue weighted by molar-refractivity contribution is 0.0948. The molecule has 3 rings (SSSR count). The standard InChI is InChI=1S/C20H24ClN5O6S/c1-12(19(32-4)20-22-8-13(21)9-23-20)33(28,29)11-17-25-24-16(10-27)26(17)18-14(30-2)6-5-7-15(18)31-3/h5-9,12,19,27H,10-11H2,1-4H3/t12-,19-/m0/s1. The van der Waals surface area contributed by atoms with Gasteiger partial charge in [0.05, 0.1) is 24.5 Å². The van der Waals surface area contributed by atoms with E-state index in [2.05, 4.69) is 20.2 Å². The summed E-state index contributed by atoms with van der Waals surface area (Å²) < 4.78 is 44.4. The molecule has 178 valence electrons. The van der Waals surface area contributed by atoms with Gasteiger partial charge in [-0.2, -0.15) is 0 Å². The molecule has 3 aromatic rings. The van der Waals surface area contributed by atoms with Crippen LogP contribution in [0.3, 0.4) is 0 Å². The van der Waals surface area contributed by atoms with E-state index in [0.717, 1.165) is 0 Å². The van der Waals surface area contributed by atoms with Gasteiger partial charge < -0.3 is 19.3 Å². The van der Waals surface area contributed by atoms with Gasteiger partial charge >= 0.3 is 0 Å². The molecular formula is C20H24ClN5O6S. The fourth-order valence-corrected chi connectivity index (χ4v) is 4.85. The second-order valence-corrected chi connectivity index (χ2v) is 9.76. The van der Waals surface area contributed by atoms with Crippen LogP contribution in [0.2, 0.25) is 5.02 Å². The average molecular weight is 498 g/mol. The minimum absolute atomic E-state index is 0.0700. The first kappa shape index (κ1) is 24.8. The maximum absolute atomic E-state index is 13.4. The number of sulfone groups is 1. The average Bonchev–Trinajstić information content (AvgIpc) is 3.21. The van der Waals surface area contributed by atoms with E-state index in [1.165, 1.54) is 45.2 Å². The van der Waals surface area contributed by atoms with Gasteiger partial charge in [-0.3, -0.25) is 4.57 Å². The van der Waals surface area contributed by atoms with Crippen molar-refractivity contribution >= 4 is 21.4 Å². The van der Waals surface area contributed by atoms with Gasteiger partial charge in [0.2, 0.25) is 0 Å². The molecule has 2 atom stereocenters. The van der Waals surface area contributed by atoms with Crippen LogP contribution in [0.1, 0.15) is 30.5 Å². The van der Waals surface area contributed by atoms with Crippen molar-refractivity contribution in [1.82, 2.24) is 24.7 Å². The molecule has 2 aromatic heterocycles. The zero-order chi connectivity index (χ0) is 24.2. The molecule has 0 aliphatic carbocycles. The van der Waals surface area contributed by atoms with E-state index < -0.39 is 33.6 Å². The summed E-state index contributed by atoms with van der Waals surface area (Å²) in [4.78, 5) is 8.17. The normalized spacial score (nSPS) is 13.5. The van der Waals surface area contributed by atoms with Crippen molar-refractivity contribution in [3.05, 3.63) is 53.1 Å². The van der Waals surface area contributed by atoms with Gasteiger partial charge in [-0.15, -0.1) is 10.2 Å². The van der Waals surface area contributed by atoms with Gasteiger partial charge in [0.15, 0.2) is 27.3 Å². The highest BCUT2D eigenvalue weighted by atomic mass is 35.5. The molecule has 2 heterocycles. The molecule has 0 fully saturated rings. The molecule has 0 spiro atoms. The maximum Gasteiger partial charge on any atom is 0.163 e. The van der Waals surface area contributed by atoms with Crippen molar-refractivity contribution in [2.75, 3.05) is 21.3 Å². The Morgan fingerprint density at radius 1 is 1.06 bits per heavy atom. The molecule has 0 aliphatic heterocycles. The summed E-state index contributed by atoms with van der Waals surface area (Å²) in [5.74, 6) is 0.651. The second-order valence-electron chi connectivity index (χ2n) is 6.97. The second kappa shape index (κ2) is 10.4. The number of methoxy groups -OCH3 is 3. The Kier molecular flexibility index (Phi) is 7.84. The Morgan fingerprint density at radius 3 is 2.15 bits per heavy atom. The fourth-order valence-electron chi connectivity index (χ4n) is 3.34. The van der Waals surface area contributed by atoms with E-state index in [-0.39, 0.29) is 17.5 Å². The largest absolute Gasteiger partial charge is 0.494 e. The van der Waals surface area contributed by atoms with Gasteiger partial charge in [0.1, 0.15) is 35.7 Å². The summed E-state index contributed by atoms with van der Waals surface area (Å²) >= 11 is 5.83. The van der Waals surface area contributed by atoms with E-state index in [0.29, 0.717) is 22.2 Å². The van der Waals surface area contributed by atoms with Crippen LogP contribution in [0.15, 0.2) is 30.6 Å². The third-order valence-electron chi connectivity index (χ3n) is 5.04. The monoisotopic (exact) mass is 497 g/mol. The molecule has 0 saturated carbocycles. The van der Waals surface area contributed by atoms with Crippen molar-refractivity contribution < 1.29 is 27.7 Å². The minimum Gasteiger partial charge on any atom is -0.494 e. The number of nitrogens with zero attached hydrogens (tertiary/aromatic N) is 5. The molecule has 0 aliphatic rings. The smallest absolute Gasteiger partial charge is 0.163 e. The number of hydrogen-bond donors (Lipinski definition) is 1. The van der Waals surface area contributed by atoms with Crippen LogP contribution in [-0.4, -0.2) is 64.8 Å². The molecule has 0 radical (unpaired) electrons. The highest BCUT2D eigenvalue weighted by molar-refractivity contribution is 7.91. The predicted octanol–water partition coefficient (Wildman–Crippen LogP) is 1.91. The van der Waals surface area contributed by atoms with E-state index >= 15 is 0 Å². The van der Waals surface area contributed by atoms with Crippen LogP contribution in [0.5, 0.6) is 11.5 Å². The third-order valence-corrected chi connectivity index (χ3v) is 7.27. The highest BCUT2D eigenvalue weighted by Crippen LogP contribution is 2.35. The van der Waals surface area contributed by atoms with Gasteiger partial charge in [-0.25, -0.2) is 18.4 Å².